The summed E-state index contributed by atoms with van der Waals surface area (Å²) in [6.45, 7) is 2.44. The van der Waals surface area contributed by atoms with Crippen LogP contribution >= 0.6 is 0 Å². The van der Waals surface area contributed by atoms with Gasteiger partial charge in [-0.05, 0) is 36.0 Å². The Kier molecular flexibility index (Phi) is 4.71. The average Bonchev–Trinajstić information content (AvgIpc) is 2.98. The number of carboxylic acid groups (broad SMARTS) is 1. The quantitative estimate of drug-likeness (QED) is 0.920. The van der Waals surface area contributed by atoms with Crippen LogP contribution in [0.5, 0.6) is 0 Å². The maximum Gasteiger partial charge on any atom is 0.307 e. The number of rotatable bonds is 5. The van der Waals surface area contributed by atoms with Crippen LogP contribution < -0.4 is 0 Å². The Hall–Kier alpha value is -2.21. The number of nitrogens with zero attached hydrogens (tertiary/aromatic N) is 2. The van der Waals surface area contributed by atoms with Crippen LogP contribution in [-0.2, 0) is 22.5 Å². The van der Waals surface area contributed by atoms with E-state index in [4.69, 9.17) is 9.84 Å². The summed E-state index contributed by atoms with van der Waals surface area (Å²) in [6, 6.07) is 4.62. The molecule has 0 saturated carbocycles. The molecule has 0 radical (unpaired) electrons. The predicted octanol–water partition coefficient (Wildman–Crippen LogP) is 2.74. The van der Waals surface area contributed by atoms with Crippen molar-refractivity contribution in [1.29, 1.82) is 0 Å². The third-order valence-electron chi connectivity index (χ3n) is 4.15. The Morgan fingerprint density at radius 2 is 2.13 bits per heavy atom. The van der Waals surface area contributed by atoms with Gasteiger partial charge < -0.3 is 9.84 Å². The zero-order chi connectivity index (χ0) is 16.2. The summed E-state index contributed by atoms with van der Waals surface area (Å²) in [7, 11) is 0. The van der Waals surface area contributed by atoms with Gasteiger partial charge in [0.25, 0.3) is 0 Å². The maximum absolute atomic E-state index is 14.0. The molecule has 0 bridgehead atoms. The molecule has 6 heteroatoms. The summed E-state index contributed by atoms with van der Waals surface area (Å²) in [6.07, 6.45) is 5.38. The number of carbonyl (C=O) groups is 1. The molecule has 0 atom stereocenters. The minimum atomic E-state index is -1.04. The van der Waals surface area contributed by atoms with Crippen molar-refractivity contribution in [2.45, 2.75) is 25.8 Å². The van der Waals surface area contributed by atoms with Crippen molar-refractivity contribution in [2.75, 3.05) is 13.2 Å². The van der Waals surface area contributed by atoms with Crippen molar-refractivity contribution in [2.24, 2.45) is 5.92 Å². The second kappa shape index (κ2) is 6.91. The van der Waals surface area contributed by atoms with Crippen LogP contribution in [0.1, 0.15) is 18.4 Å². The Morgan fingerprint density at radius 1 is 1.35 bits per heavy atom. The molecule has 1 aromatic carbocycles. The van der Waals surface area contributed by atoms with Crippen molar-refractivity contribution in [3.8, 4) is 11.1 Å². The molecule has 1 fully saturated rings. The van der Waals surface area contributed by atoms with Crippen molar-refractivity contribution in [3.05, 3.63) is 42.0 Å². The Balaban J connectivity index is 1.72. The van der Waals surface area contributed by atoms with Crippen molar-refractivity contribution in [3.63, 3.8) is 0 Å². The van der Waals surface area contributed by atoms with Crippen LogP contribution in [0, 0.1) is 11.7 Å². The fourth-order valence-electron chi connectivity index (χ4n) is 2.84. The van der Waals surface area contributed by atoms with Crippen molar-refractivity contribution < 1.29 is 19.0 Å². The maximum atomic E-state index is 14.0. The van der Waals surface area contributed by atoms with Gasteiger partial charge >= 0.3 is 5.97 Å². The van der Waals surface area contributed by atoms with Crippen LogP contribution in [0.15, 0.2) is 30.6 Å². The van der Waals surface area contributed by atoms with Gasteiger partial charge in [-0.25, -0.2) is 4.39 Å². The minimum absolute atomic E-state index is 0.191. The number of hydrogen-bond acceptors (Lipinski definition) is 3. The summed E-state index contributed by atoms with van der Waals surface area (Å²) in [5.41, 5.74) is 1.73. The number of aliphatic carboxylic acids is 1. The zero-order valence-corrected chi connectivity index (χ0v) is 12.7. The molecule has 23 heavy (non-hydrogen) atoms. The molecule has 1 aromatic heterocycles. The highest BCUT2D eigenvalue weighted by Gasteiger charge is 2.15. The predicted molar refractivity (Wildman–Crippen MR) is 82.5 cm³/mol. The van der Waals surface area contributed by atoms with Crippen LogP contribution in [0.3, 0.4) is 0 Å². The van der Waals surface area contributed by atoms with Gasteiger partial charge in [0.1, 0.15) is 5.82 Å². The average molecular weight is 318 g/mol. The molecule has 0 aliphatic carbocycles. The first-order chi connectivity index (χ1) is 11.1. The van der Waals surface area contributed by atoms with Crippen LogP contribution in [0.25, 0.3) is 11.1 Å². The molecule has 122 valence electrons. The number of carboxylic acids is 1. The third-order valence-corrected chi connectivity index (χ3v) is 4.15. The number of halogens is 1. The van der Waals surface area contributed by atoms with Gasteiger partial charge in [-0.3, -0.25) is 9.48 Å². The normalized spacial score (nSPS) is 15.7. The molecule has 2 aromatic rings. The molecule has 1 aliphatic rings. The van der Waals surface area contributed by atoms with Gasteiger partial charge in [0.05, 0.1) is 12.6 Å². The largest absolute Gasteiger partial charge is 0.481 e. The van der Waals surface area contributed by atoms with Crippen molar-refractivity contribution in [1.82, 2.24) is 9.78 Å². The first-order valence-electron chi connectivity index (χ1n) is 7.72. The molecule has 2 heterocycles. The monoisotopic (exact) mass is 318 g/mol. The van der Waals surface area contributed by atoms with Crippen molar-refractivity contribution >= 4 is 5.97 Å². The van der Waals surface area contributed by atoms with Gasteiger partial charge in [0, 0.05) is 31.5 Å². The number of ether oxygens (including phenoxy) is 1. The molecular weight excluding hydrogens is 299 g/mol. The van der Waals surface area contributed by atoms with E-state index in [2.05, 4.69) is 5.10 Å². The Bertz CT molecular complexity index is 693. The summed E-state index contributed by atoms with van der Waals surface area (Å²) in [5.74, 6) is -0.978. The molecular formula is C17H19FN2O3. The van der Waals surface area contributed by atoms with Gasteiger partial charge in [-0.2, -0.15) is 5.10 Å². The van der Waals surface area contributed by atoms with E-state index in [9.17, 15) is 9.18 Å². The summed E-state index contributed by atoms with van der Waals surface area (Å²) in [5, 5.41) is 13.1. The lowest BCUT2D eigenvalue weighted by Crippen LogP contribution is -2.20. The van der Waals surface area contributed by atoms with E-state index in [0.717, 1.165) is 38.2 Å². The minimum Gasteiger partial charge on any atom is -0.481 e. The van der Waals surface area contributed by atoms with Gasteiger partial charge in [-0.15, -0.1) is 0 Å². The molecule has 1 aliphatic heterocycles. The first kappa shape index (κ1) is 15.7. The highest BCUT2D eigenvalue weighted by atomic mass is 19.1. The van der Waals surface area contributed by atoms with E-state index in [1.807, 2.05) is 10.9 Å². The SMILES string of the molecule is O=C(O)Cc1ccc(-c2cnn(CC3CCOCC3)c2)cc1F. The molecule has 1 saturated heterocycles. The zero-order valence-electron chi connectivity index (χ0n) is 12.7. The lowest BCUT2D eigenvalue weighted by atomic mass is 10.0. The second-order valence-corrected chi connectivity index (χ2v) is 5.88. The van der Waals surface area contributed by atoms with E-state index >= 15 is 0 Å². The third kappa shape index (κ3) is 3.96. The van der Waals surface area contributed by atoms with Gasteiger partial charge in [0.15, 0.2) is 0 Å². The Labute approximate surface area is 133 Å². The molecule has 5 nitrogen and oxygen atoms in total. The van der Waals surface area contributed by atoms with E-state index in [1.54, 1.807) is 12.3 Å². The lowest BCUT2D eigenvalue weighted by molar-refractivity contribution is -0.136. The number of aromatic nitrogens is 2. The standard InChI is InChI=1S/C17H19FN2O3/c18-16-7-13(1-2-14(16)8-17(21)22)15-9-19-20(11-15)10-12-3-5-23-6-4-12/h1-2,7,9,11-12H,3-6,8,10H2,(H,21,22). The lowest BCUT2D eigenvalue weighted by Gasteiger charge is -2.21. The topological polar surface area (TPSA) is 64.3 Å². The second-order valence-electron chi connectivity index (χ2n) is 5.88. The van der Waals surface area contributed by atoms with Gasteiger partial charge in [-0.1, -0.05) is 12.1 Å². The number of benzene rings is 1. The molecule has 0 spiro atoms. The fourth-order valence-corrected chi connectivity index (χ4v) is 2.84. The Morgan fingerprint density at radius 3 is 2.83 bits per heavy atom. The van der Waals surface area contributed by atoms with E-state index < -0.39 is 11.8 Å². The fraction of sp³-hybridized carbons (Fsp3) is 0.412. The first-order valence-corrected chi connectivity index (χ1v) is 7.72. The summed E-state index contributed by atoms with van der Waals surface area (Å²) < 4.78 is 21.2. The molecule has 1 N–H and O–H groups in total. The molecule has 0 unspecified atom stereocenters. The van der Waals surface area contributed by atoms with Crippen LogP contribution in [-0.4, -0.2) is 34.1 Å². The van der Waals surface area contributed by atoms with Crippen LogP contribution in [0.2, 0.25) is 0 Å². The van der Waals surface area contributed by atoms with E-state index in [0.29, 0.717) is 11.5 Å². The highest BCUT2D eigenvalue weighted by molar-refractivity contribution is 5.71. The molecule has 0 amide bonds. The summed E-state index contributed by atoms with van der Waals surface area (Å²) >= 11 is 0. The van der Waals surface area contributed by atoms with E-state index in [-0.39, 0.29) is 12.0 Å². The highest BCUT2D eigenvalue weighted by Crippen LogP contribution is 2.23. The smallest absolute Gasteiger partial charge is 0.307 e. The van der Waals surface area contributed by atoms with Crippen LogP contribution in [0.4, 0.5) is 4.39 Å². The number of hydrogen-bond donors (Lipinski definition) is 1. The van der Waals surface area contributed by atoms with Gasteiger partial charge in [0.2, 0.25) is 0 Å². The molecule has 3 rings (SSSR count). The van der Waals surface area contributed by atoms with E-state index in [1.165, 1.54) is 12.1 Å². The summed E-state index contributed by atoms with van der Waals surface area (Å²) in [4.78, 5) is 10.7.